The number of aromatic nitrogens is 2. The maximum Gasteiger partial charge on any atom is 0.259 e. The van der Waals surface area contributed by atoms with Crippen LogP contribution in [0.2, 0.25) is 5.02 Å². The van der Waals surface area contributed by atoms with E-state index in [9.17, 15) is 4.79 Å². The fraction of sp³-hybridized carbons (Fsp3) is 0.273. The van der Waals surface area contributed by atoms with E-state index in [1.54, 1.807) is 12.1 Å². The van der Waals surface area contributed by atoms with Gasteiger partial charge in [-0.05, 0) is 43.7 Å². The summed E-state index contributed by atoms with van der Waals surface area (Å²) in [4.78, 5) is 13.0. The predicted octanol–water partition coefficient (Wildman–Crippen LogP) is 4.48. The van der Waals surface area contributed by atoms with Crippen LogP contribution in [0, 0.1) is 13.8 Å². The fourth-order valence-corrected chi connectivity index (χ4v) is 3.51. The molecule has 158 valence electrons. The van der Waals surface area contributed by atoms with Crippen molar-refractivity contribution in [1.82, 2.24) is 9.78 Å². The Morgan fingerprint density at radius 3 is 2.43 bits per heavy atom. The largest absolute Gasteiger partial charge is 0.493 e. The highest BCUT2D eigenvalue weighted by molar-refractivity contribution is 6.30. The van der Waals surface area contributed by atoms with Gasteiger partial charge in [-0.3, -0.25) is 9.48 Å². The molecule has 0 aliphatic rings. The maximum atomic E-state index is 13.0. The molecule has 0 saturated carbocycles. The number of amides is 1. The van der Waals surface area contributed by atoms with E-state index >= 15 is 0 Å². The third kappa shape index (κ3) is 4.21. The number of rotatable bonds is 7. The molecule has 0 fully saturated rings. The predicted molar refractivity (Wildman–Crippen MR) is 116 cm³/mol. The van der Waals surface area contributed by atoms with Gasteiger partial charge >= 0.3 is 0 Å². The molecule has 0 aliphatic heterocycles. The minimum atomic E-state index is -0.332. The molecule has 1 aromatic heterocycles. The molecule has 3 rings (SSSR count). The summed E-state index contributed by atoms with van der Waals surface area (Å²) < 4.78 is 17.9. The van der Waals surface area contributed by atoms with Gasteiger partial charge in [-0.25, -0.2) is 0 Å². The Balaban J connectivity index is 1.90. The van der Waals surface area contributed by atoms with Gasteiger partial charge < -0.3 is 19.5 Å². The van der Waals surface area contributed by atoms with Crippen LogP contribution in [0.3, 0.4) is 0 Å². The van der Waals surface area contributed by atoms with E-state index in [1.807, 2.05) is 42.8 Å². The molecule has 0 spiro atoms. The minimum Gasteiger partial charge on any atom is -0.493 e. The number of carbonyl (C=O) groups excluding carboxylic acids is 1. The van der Waals surface area contributed by atoms with E-state index in [0.717, 1.165) is 11.3 Å². The summed E-state index contributed by atoms with van der Waals surface area (Å²) >= 11 is 6.08. The first kappa shape index (κ1) is 21.5. The number of hydrogen-bond donors (Lipinski definition) is 1. The van der Waals surface area contributed by atoms with Crippen molar-refractivity contribution in [3.8, 4) is 17.2 Å². The first-order chi connectivity index (χ1) is 14.4. The second-order valence-electron chi connectivity index (χ2n) is 6.67. The lowest BCUT2D eigenvalue weighted by Gasteiger charge is -2.15. The highest BCUT2D eigenvalue weighted by Gasteiger charge is 2.22. The Morgan fingerprint density at radius 1 is 1.07 bits per heavy atom. The van der Waals surface area contributed by atoms with Crippen LogP contribution in [0.4, 0.5) is 5.69 Å². The average Bonchev–Trinajstić information content (AvgIpc) is 2.99. The Hall–Kier alpha value is -3.19. The Kier molecular flexibility index (Phi) is 6.52. The Morgan fingerprint density at radius 2 is 1.80 bits per heavy atom. The van der Waals surface area contributed by atoms with Gasteiger partial charge in [0, 0.05) is 5.02 Å². The number of nitrogens with zero attached hydrogens (tertiary/aromatic N) is 2. The molecule has 7 nitrogen and oxygen atoms in total. The second kappa shape index (κ2) is 9.09. The van der Waals surface area contributed by atoms with Crippen LogP contribution in [-0.4, -0.2) is 37.0 Å². The first-order valence-corrected chi connectivity index (χ1v) is 9.66. The molecule has 0 atom stereocenters. The van der Waals surface area contributed by atoms with Crippen molar-refractivity contribution < 1.29 is 19.0 Å². The monoisotopic (exact) mass is 429 g/mol. The van der Waals surface area contributed by atoms with Gasteiger partial charge in [0.1, 0.15) is 0 Å². The van der Waals surface area contributed by atoms with Crippen LogP contribution in [0.1, 0.15) is 27.3 Å². The van der Waals surface area contributed by atoms with E-state index in [0.29, 0.717) is 45.8 Å². The van der Waals surface area contributed by atoms with E-state index in [2.05, 4.69) is 10.4 Å². The lowest BCUT2D eigenvalue weighted by molar-refractivity contribution is 0.102. The van der Waals surface area contributed by atoms with Crippen molar-refractivity contribution in [1.29, 1.82) is 0 Å². The third-order valence-corrected chi connectivity index (χ3v) is 5.03. The summed E-state index contributed by atoms with van der Waals surface area (Å²) in [5.41, 5.74) is 3.55. The lowest BCUT2D eigenvalue weighted by Crippen LogP contribution is -2.15. The number of hydrogen-bond acceptors (Lipinski definition) is 5. The molecule has 30 heavy (non-hydrogen) atoms. The van der Waals surface area contributed by atoms with E-state index in [4.69, 9.17) is 25.8 Å². The molecule has 0 saturated heterocycles. The molecular formula is C22H24ClN3O4. The normalized spacial score (nSPS) is 10.6. The van der Waals surface area contributed by atoms with Gasteiger partial charge in [0.05, 0.1) is 50.5 Å². The summed E-state index contributed by atoms with van der Waals surface area (Å²) in [7, 11) is 4.50. The van der Waals surface area contributed by atoms with Crippen molar-refractivity contribution in [2.75, 3.05) is 26.6 Å². The summed E-state index contributed by atoms with van der Waals surface area (Å²) in [6.07, 6.45) is 0. The average molecular weight is 430 g/mol. The summed E-state index contributed by atoms with van der Waals surface area (Å²) in [6, 6.07) is 10.9. The number of ether oxygens (including phenoxy) is 3. The van der Waals surface area contributed by atoms with Crippen LogP contribution in [0.15, 0.2) is 36.4 Å². The van der Waals surface area contributed by atoms with Crippen molar-refractivity contribution in [2.24, 2.45) is 0 Å². The number of anilines is 1. The number of carbonyl (C=O) groups is 1. The van der Waals surface area contributed by atoms with Gasteiger partial charge in [-0.2, -0.15) is 5.10 Å². The van der Waals surface area contributed by atoms with Gasteiger partial charge in [-0.1, -0.05) is 23.7 Å². The van der Waals surface area contributed by atoms with Crippen molar-refractivity contribution in [3.05, 3.63) is 63.9 Å². The van der Waals surface area contributed by atoms with Gasteiger partial charge in [0.2, 0.25) is 5.75 Å². The van der Waals surface area contributed by atoms with Crippen LogP contribution in [0.25, 0.3) is 0 Å². The number of nitrogens with one attached hydrogen (secondary N) is 1. The van der Waals surface area contributed by atoms with Gasteiger partial charge in [-0.15, -0.1) is 0 Å². The molecule has 1 amide bonds. The molecule has 8 heteroatoms. The highest BCUT2D eigenvalue weighted by atomic mass is 35.5. The SMILES string of the molecule is COc1ccc(C(=O)Nc2c(C)nn(Cc3cccc(Cl)c3)c2C)c(OC)c1OC. The highest BCUT2D eigenvalue weighted by Crippen LogP contribution is 2.40. The van der Waals surface area contributed by atoms with Crippen molar-refractivity contribution in [2.45, 2.75) is 20.4 Å². The zero-order valence-corrected chi connectivity index (χ0v) is 18.3. The molecule has 0 radical (unpaired) electrons. The van der Waals surface area contributed by atoms with Crippen LogP contribution >= 0.6 is 11.6 Å². The van der Waals surface area contributed by atoms with Crippen LogP contribution in [0.5, 0.6) is 17.2 Å². The Labute approximate surface area is 180 Å². The molecular weight excluding hydrogens is 406 g/mol. The van der Waals surface area contributed by atoms with E-state index in [-0.39, 0.29) is 5.91 Å². The topological polar surface area (TPSA) is 74.6 Å². The molecule has 0 aliphatic carbocycles. The van der Waals surface area contributed by atoms with Gasteiger partial charge in [0.15, 0.2) is 11.5 Å². The fourth-order valence-electron chi connectivity index (χ4n) is 3.30. The third-order valence-electron chi connectivity index (χ3n) is 4.79. The van der Waals surface area contributed by atoms with E-state index in [1.165, 1.54) is 21.3 Å². The number of aryl methyl sites for hydroxylation is 1. The molecule has 1 N–H and O–H groups in total. The molecule has 1 heterocycles. The maximum absolute atomic E-state index is 13.0. The zero-order valence-electron chi connectivity index (χ0n) is 17.6. The number of benzene rings is 2. The number of halogens is 1. The second-order valence-corrected chi connectivity index (χ2v) is 7.11. The summed E-state index contributed by atoms with van der Waals surface area (Å²) in [5.74, 6) is 0.808. The van der Waals surface area contributed by atoms with Crippen LogP contribution in [-0.2, 0) is 6.54 Å². The summed E-state index contributed by atoms with van der Waals surface area (Å²) in [5, 5.41) is 8.19. The van der Waals surface area contributed by atoms with Crippen molar-refractivity contribution in [3.63, 3.8) is 0 Å². The lowest BCUT2D eigenvalue weighted by atomic mass is 10.1. The minimum absolute atomic E-state index is 0.302. The molecule has 0 unspecified atom stereocenters. The summed E-state index contributed by atoms with van der Waals surface area (Å²) in [6.45, 7) is 4.30. The molecule has 3 aromatic rings. The van der Waals surface area contributed by atoms with E-state index < -0.39 is 0 Å². The quantitative estimate of drug-likeness (QED) is 0.599. The van der Waals surface area contributed by atoms with Crippen LogP contribution < -0.4 is 19.5 Å². The smallest absolute Gasteiger partial charge is 0.259 e. The molecule has 2 aromatic carbocycles. The Bertz CT molecular complexity index is 1080. The zero-order chi connectivity index (χ0) is 21.8. The number of methoxy groups -OCH3 is 3. The molecule has 0 bridgehead atoms. The van der Waals surface area contributed by atoms with Crippen molar-refractivity contribution >= 4 is 23.2 Å². The first-order valence-electron chi connectivity index (χ1n) is 9.28. The standard InChI is InChI=1S/C22H24ClN3O4/c1-13-19(14(2)26(25-13)12-15-7-6-8-16(23)11-15)24-22(27)17-9-10-18(28-3)21(30-5)20(17)29-4/h6-11H,12H2,1-5H3,(H,24,27). The van der Waals surface area contributed by atoms with Gasteiger partial charge in [0.25, 0.3) is 5.91 Å².